The summed E-state index contributed by atoms with van der Waals surface area (Å²) in [6.45, 7) is 2.02. The van der Waals surface area contributed by atoms with Gasteiger partial charge in [0.2, 0.25) is 0 Å². The predicted octanol–water partition coefficient (Wildman–Crippen LogP) is 4.57. The Morgan fingerprint density at radius 2 is 2.04 bits per heavy atom. The Labute approximate surface area is 154 Å². The molecular weight excluding hydrogens is 368 g/mol. The lowest BCUT2D eigenvalue weighted by Gasteiger charge is -2.13. The zero-order valence-electron chi connectivity index (χ0n) is 13.4. The summed E-state index contributed by atoms with van der Waals surface area (Å²) in [7, 11) is 2.91. The van der Waals surface area contributed by atoms with E-state index in [0.717, 1.165) is 11.3 Å². The topological polar surface area (TPSA) is 59.6 Å². The Kier molecular flexibility index (Phi) is 6.42. The Balaban J connectivity index is 2.20. The molecule has 0 saturated heterocycles. The highest BCUT2D eigenvalue weighted by Gasteiger charge is 2.17. The minimum atomic E-state index is -0.406. The zero-order valence-corrected chi connectivity index (χ0v) is 15.8. The minimum absolute atomic E-state index is 0.324. The van der Waals surface area contributed by atoms with Crippen molar-refractivity contribution >= 4 is 56.9 Å². The molecule has 128 valence electrons. The fourth-order valence-electron chi connectivity index (χ4n) is 2.01. The van der Waals surface area contributed by atoms with Crippen molar-refractivity contribution in [1.29, 1.82) is 0 Å². The second-order valence-corrected chi connectivity index (χ2v) is 6.71. The number of carbonyl (C=O) groups is 1. The van der Waals surface area contributed by atoms with Gasteiger partial charge in [-0.2, -0.15) is 0 Å². The van der Waals surface area contributed by atoms with E-state index in [9.17, 15) is 4.79 Å². The maximum Gasteiger partial charge on any atom is 0.340 e. The normalized spacial score (nSPS) is 10.2. The number of rotatable bonds is 5. The minimum Gasteiger partial charge on any atom is -0.495 e. The summed E-state index contributed by atoms with van der Waals surface area (Å²) in [5.74, 6) is 0.203. The van der Waals surface area contributed by atoms with E-state index in [0.29, 0.717) is 32.1 Å². The van der Waals surface area contributed by atoms with Crippen LogP contribution in [0.3, 0.4) is 0 Å². The van der Waals surface area contributed by atoms with E-state index in [1.54, 1.807) is 31.4 Å². The number of hydrogen-bond acceptors (Lipinski definition) is 5. The molecule has 0 saturated carbocycles. The summed E-state index contributed by atoms with van der Waals surface area (Å²) < 4.78 is 10.1. The van der Waals surface area contributed by atoms with E-state index in [4.69, 9.17) is 33.3 Å². The Hall–Kier alpha value is -1.83. The van der Waals surface area contributed by atoms with E-state index in [1.165, 1.54) is 18.4 Å². The molecule has 2 N–H and O–H groups in total. The number of benzene rings is 1. The van der Waals surface area contributed by atoms with Crippen molar-refractivity contribution in [2.75, 3.05) is 24.9 Å². The van der Waals surface area contributed by atoms with Gasteiger partial charge in [0.15, 0.2) is 5.11 Å². The molecule has 1 aromatic carbocycles. The number of carbonyl (C=O) groups excluding carboxylic acids is 1. The molecule has 0 unspecified atom stereocenters. The average molecular weight is 385 g/mol. The average Bonchev–Trinajstić information content (AvgIpc) is 2.97. The molecule has 2 rings (SSSR count). The van der Waals surface area contributed by atoms with Crippen LogP contribution in [0.5, 0.6) is 5.75 Å². The van der Waals surface area contributed by atoms with Crippen molar-refractivity contribution in [2.24, 2.45) is 0 Å². The van der Waals surface area contributed by atoms with Crippen LogP contribution in [-0.4, -0.2) is 25.3 Å². The molecule has 1 aromatic heterocycles. The first kappa shape index (κ1) is 18.5. The van der Waals surface area contributed by atoms with E-state index < -0.39 is 5.97 Å². The summed E-state index contributed by atoms with van der Waals surface area (Å²) in [6.07, 6.45) is 0.818. The van der Waals surface area contributed by atoms with Gasteiger partial charge < -0.3 is 20.1 Å². The number of aryl methyl sites for hydroxylation is 1. The molecule has 0 aliphatic carbocycles. The monoisotopic (exact) mass is 384 g/mol. The summed E-state index contributed by atoms with van der Waals surface area (Å²) in [5, 5.41) is 7.58. The highest BCUT2D eigenvalue weighted by atomic mass is 35.5. The van der Waals surface area contributed by atoms with Gasteiger partial charge in [0, 0.05) is 9.90 Å². The van der Waals surface area contributed by atoms with Crippen LogP contribution in [0, 0.1) is 0 Å². The third-order valence-electron chi connectivity index (χ3n) is 3.17. The number of methoxy groups -OCH3 is 2. The van der Waals surface area contributed by atoms with Gasteiger partial charge in [0.25, 0.3) is 0 Å². The molecule has 0 atom stereocenters. The molecule has 5 nitrogen and oxygen atoms in total. The Bertz CT molecular complexity index is 762. The summed E-state index contributed by atoms with van der Waals surface area (Å²) in [6, 6.07) is 6.99. The summed E-state index contributed by atoms with van der Waals surface area (Å²) in [4.78, 5) is 12.9. The number of thiocarbonyl (C=S) groups is 1. The van der Waals surface area contributed by atoms with Crippen molar-refractivity contribution in [3.63, 3.8) is 0 Å². The zero-order chi connectivity index (χ0) is 17.7. The van der Waals surface area contributed by atoms with Crippen LogP contribution in [0.2, 0.25) is 5.02 Å². The lowest BCUT2D eigenvalue weighted by atomic mass is 10.2. The van der Waals surface area contributed by atoms with E-state index in [1.807, 2.05) is 6.92 Å². The highest BCUT2D eigenvalue weighted by molar-refractivity contribution is 7.80. The number of ether oxygens (including phenoxy) is 2. The first-order valence-electron chi connectivity index (χ1n) is 7.11. The maximum atomic E-state index is 11.9. The first-order chi connectivity index (χ1) is 11.5. The van der Waals surface area contributed by atoms with Gasteiger partial charge in [-0.15, -0.1) is 11.3 Å². The molecule has 0 bridgehead atoms. The van der Waals surface area contributed by atoms with Crippen LogP contribution >= 0.6 is 35.2 Å². The lowest BCUT2D eigenvalue weighted by Crippen LogP contribution is -2.20. The van der Waals surface area contributed by atoms with Gasteiger partial charge in [-0.25, -0.2) is 4.79 Å². The molecular formula is C16H17ClN2O3S2. The van der Waals surface area contributed by atoms with Crippen molar-refractivity contribution in [2.45, 2.75) is 13.3 Å². The van der Waals surface area contributed by atoms with Crippen molar-refractivity contribution < 1.29 is 14.3 Å². The first-order valence-corrected chi connectivity index (χ1v) is 8.71. The fourth-order valence-corrected chi connectivity index (χ4v) is 3.44. The molecule has 0 radical (unpaired) electrons. The Morgan fingerprint density at radius 1 is 1.29 bits per heavy atom. The largest absolute Gasteiger partial charge is 0.495 e. The van der Waals surface area contributed by atoms with Crippen LogP contribution in [-0.2, 0) is 11.2 Å². The molecule has 2 aromatic rings. The van der Waals surface area contributed by atoms with E-state index >= 15 is 0 Å². The molecule has 0 spiro atoms. The second kappa shape index (κ2) is 8.32. The van der Waals surface area contributed by atoms with Gasteiger partial charge in [0.05, 0.1) is 25.5 Å². The van der Waals surface area contributed by atoms with Crippen molar-refractivity contribution in [3.8, 4) is 5.75 Å². The SMILES string of the molecule is CCc1cc(C(=O)OC)c(NC(=S)Nc2cc(Cl)ccc2OC)s1. The highest BCUT2D eigenvalue weighted by Crippen LogP contribution is 2.31. The quantitative estimate of drug-likeness (QED) is 0.581. The smallest absolute Gasteiger partial charge is 0.340 e. The molecule has 0 aliphatic heterocycles. The van der Waals surface area contributed by atoms with Crippen LogP contribution in [0.15, 0.2) is 24.3 Å². The van der Waals surface area contributed by atoms with E-state index in [2.05, 4.69) is 10.6 Å². The molecule has 24 heavy (non-hydrogen) atoms. The van der Waals surface area contributed by atoms with Gasteiger partial charge in [-0.3, -0.25) is 0 Å². The number of hydrogen-bond donors (Lipinski definition) is 2. The fraction of sp³-hybridized carbons (Fsp3) is 0.250. The molecule has 0 amide bonds. The number of esters is 1. The maximum absolute atomic E-state index is 11.9. The third-order valence-corrected chi connectivity index (χ3v) is 4.81. The van der Waals surface area contributed by atoms with Gasteiger partial charge in [-0.1, -0.05) is 18.5 Å². The number of anilines is 2. The van der Waals surface area contributed by atoms with Crippen molar-refractivity contribution in [1.82, 2.24) is 0 Å². The van der Waals surface area contributed by atoms with Crippen molar-refractivity contribution in [3.05, 3.63) is 39.7 Å². The predicted molar refractivity (Wildman–Crippen MR) is 103 cm³/mol. The lowest BCUT2D eigenvalue weighted by molar-refractivity contribution is 0.0602. The van der Waals surface area contributed by atoms with Crippen LogP contribution in [0.1, 0.15) is 22.2 Å². The standard InChI is InChI=1S/C16H17ClN2O3S2/c1-4-10-8-11(15(20)22-3)14(24-10)19-16(23)18-12-7-9(17)5-6-13(12)21-2/h5-8H,4H2,1-3H3,(H2,18,19,23). The third kappa shape index (κ3) is 4.37. The van der Waals surface area contributed by atoms with Crippen LogP contribution in [0.25, 0.3) is 0 Å². The molecule has 8 heteroatoms. The number of thiophene rings is 1. The van der Waals surface area contributed by atoms with Crippen LogP contribution < -0.4 is 15.4 Å². The summed E-state index contributed by atoms with van der Waals surface area (Å²) >= 11 is 12.8. The number of nitrogens with one attached hydrogen (secondary N) is 2. The summed E-state index contributed by atoms with van der Waals surface area (Å²) in [5.41, 5.74) is 1.09. The second-order valence-electron chi connectivity index (χ2n) is 4.72. The van der Waals surface area contributed by atoms with Gasteiger partial charge in [0.1, 0.15) is 10.8 Å². The molecule has 0 aliphatic rings. The van der Waals surface area contributed by atoms with Gasteiger partial charge >= 0.3 is 5.97 Å². The Morgan fingerprint density at radius 3 is 2.67 bits per heavy atom. The molecule has 1 heterocycles. The van der Waals surface area contributed by atoms with Gasteiger partial charge in [-0.05, 0) is 42.9 Å². The number of halogens is 1. The molecule has 0 fully saturated rings. The van der Waals surface area contributed by atoms with E-state index in [-0.39, 0.29) is 0 Å². The van der Waals surface area contributed by atoms with Crippen LogP contribution in [0.4, 0.5) is 10.7 Å².